The molecule has 0 fully saturated rings. The van der Waals surface area contributed by atoms with Gasteiger partial charge in [-0.3, -0.25) is 14.6 Å². The number of aliphatic hydroxyl groups is 1. The molecule has 134 valence electrons. The van der Waals surface area contributed by atoms with Crippen LogP contribution in [0.3, 0.4) is 0 Å². The Morgan fingerprint density at radius 1 is 1.24 bits per heavy atom. The normalized spacial score (nSPS) is 13.3. The Morgan fingerprint density at radius 2 is 1.96 bits per heavy atom. The molecule has 0 bridgehead atoms. The Balaban J connectivity index is 1.99. The highest BCUT2D eigenvalue weighted by Gasteiger charge is 2.15. The number of carbonyl (C=O) groups is 2. The Morgan fingerprint density at radius 3 is 2.64 bits per heavy atom. The van der Waals surface area contributed by atoms with E-state index in [1.807, 2.05) is 44.2 Å². The topological polar surface area (TPSA) is 91.3 Å². The van der Waals surface area contributed by atoms with Gasteiger partial charge in [-0.1, -0.05) is 25.1 Å². The number of aryl methyl sites for hydroxylation is 1. The highest BCUT2D eigenvalue weighted by molar-refractivity contribution is 5.98. The van der Waals surface area contributed by atoms with E-state index < -0.39 is 12.0 Å². The first-order valence-corrected chi connectivity index (χ1v) is 8.57. The Hall–Kier alpha value is -2.47. The smallest absolute Gasteiger partial charge is 0.253 e. The second-order valence-electron chi connectivity index (χ2n) is 6.16. The predicted octanol–water partition coefficient (Wildman–Crippen LogP) is 1.80. The number of nitrogens with zero attached hydrogens (tertiary/aromatic N) is 1. The number of rotatable bonds is 7. The molecule has 25 heavy (non-hydrogen) atoms. The average molecular weight is 343 g/mol. The van der Waals surface area contributed by atoms with Gasteiger partial charge < -0.3 is 15.7 Å². The lowest BCUT2D eigenvalue weighted by Crippen LogP contribution is -2.40. The van der Waals surface area contributed by atoms with Gasteiger partial charge in [0.25, 0.3) is 5.91 Å². The fourth-order valence-corrected chi connectivity index (χ4v) is 2.55. The number of para-hydroxylation sites is 1. The fraction of sp³-hybridized carbons (Fsp3) is 0.421. The number of amides is 2. The van der Waals surface area contributed by atoms with E-state index in [2.05, 4.69) is 15.6 Å². The van der Waals surface area contributed by atoms with Crippen LogP contribution >= 0.6 is 0 Å². The van der Waals surface area contributed by atoms with Crippen LogP contribution in [-0.4, -0.2) is 40.6 Å². The number of carbonyl (C=O) groups excluding carboxylic acids is 2. The maximum atomic E-state index is 12.5. The van der Waals surface area contributed by atoms with Gasteiger partial charge in [-0.05, 0) is 38.8 Å². The number of benzene rings is 1. The molecule has 0 aliphatic heterocycles. The highest BCUT2D eigenvalue weighted by atomic mass is 16.3. The molecule has 0 saturated heterocycles. The summed E-state index contributed by atoms with van der Waals surface area (Å²) in [6.07, 6.45) is 0.217. The van der Waals surface area contributed by atoms with Gasteiger partial charge in [-0.15, -0.1) is 0 Å². The Kier molecular flexibility index (Phi) is 6.47. The van der Waals surface area contributed by atoms with Crippen molar-refractivity contribution in [1.82, 2.24) is 15.6 Å². The summed E-state index contributed by atoms with van der Waals surface area (Å²) in [5.41, 5.74) is 2.24. The number of hydrogen-bond donors (Lipinski definition) is 3. The quantitative estimate of drug-likeness (QED) is 0.715. The van der Waals surface area contributed by atoms with Crippen LogP contribution in [0.15, 0.2) is 30.3 Å². The van der Waals surface area contributed by atoms with Gasteiger partial charge in [0.1, 0.15) is 6.10 Å². The largest absolute Gasteiger partial charge is 0.384 e. The summed E-state index contributed by atoms with van der Waals surface area (Å²) in [5.74, 6) is -0.574. The summed E-state index contributed by atoms with van der Waals surface area (Å²) in [6.45, 7) is 5.65. The monoisotopic (exact) mass is 343 g/mol. The van der Waals surface area contributed by atoms with E-state index >= 15 is 0 Å². The van der Waals surface area contributed by atoms with E-state index in [0.717, 1.165) is 16.6 Å². The molecule has 2 amide bonds. The molecule has 0 radical (unpaired) electrons. The van der Waals surface area contributed by atoms with Crippen LogP contribution in [0.2, 0.25) is 0 Å². The number of aliphatic hydroxyl groups excluding tert-OH is 1. The lowest BCUT2D eigenvalue weighted by atomic mass is 10.1. The van der Waals surface area contributed by atoms with Gasteiger partial charge in [0.05, 0.1) is 16.8 Å². The van der Waals surface area contributed by atoms with Gasteiger partial charge in [0, 0.05) is 18.0 Å². The van der Waals surface area contributed by atoms with Crippen LogP contribution in [0.4, 0.5) is 0 Å². The minimum atomic E-state index is -1.03. The standard InChI is InChI=1S/C19H25N3O3/c1-4-16-15(11-14-7-5-6-8-17(14)22-16)19(25)20-10-9-12(2)21-18(24)13(3)23/h5-8,11-13,23H,4,9-10H2,1-3H3,(H,20,25)(H,21,24)/t12-,13?/m0/s1. The molecule has 6 heteroatoms. The van der Waals surface area contributed by atoms with E-state index in [9.17, 15) is 14.7 Å². The molecule has 1 unspecified atom stereocenters. The van der Waals surface area contributed by atoms with Crippen molar-refractivity contribution < 1.29 is 14.7 Å². The Labute approximate surface area is 147 Å². The molecule has 2 aromatic rings. The van der Waals surface area contributed by atoms with Crippen molar-refractivity contribution in [2.75, 3.05) is 6.54 Å². The van der Waals surface area contributed by atoms with E-state index in [-0.39, 0.29) is 11.9 Å². The minimum Gasteiger partial charge on any atom is -0.384 e. The molecule has 2 atom stereocenters. The van der Waals surface area contributed by atoms with Crippen LogP contribution < -0.4 is 10.6 Å². The van der Waals surface area contributed by atoms with Crippen molar-refractivity contribution in [3.63, 3.8) is 0 Å². The first kappa shape index (κ1) is 18.9. The van der Waals surface area contributed by atoms with E-state index in [0.29, 0.717) is 24.9 Å². The molecule has 6 nitrogen and oxygen atoms in total. The second kappa shape index (κ2) is 8.58. The number of pyridine rings is 1. The number of fused-ring (bicyclic) bond motifs is 1. The van der Waals surface area contributed by atoms with Crippen molar-refractivity contribution in [3.05, 3.63) is 41.6 Å². The summed E-state index contributed by atoms with van der Waals surface area (Å²) < 4.78 is 0. The highest BCUT2D eigenvalue weighted by Crippen LogP contribution is 2.17. The third-order valence-electron chi connectivity index (χ3n) is 4.01. The second-order valence-corrected chi connectivity index (χ2v) is 6.16. The molecule has 1 aromatic heterocycles. The first-order chi connectivity index (χ1) is 11.9. The Bertz CT molecular complexity index is 759. The molecule has 3 N–H and O–H groups in total. The summed E-state index contributed by atoms with van der Waals surface area (Å²) in [6, 6.07) is 9.45. The van der Waals surface area contributed by atoms with Crippen molar-refractivity contribution >= 4 is 22.7 Å². The van der Waals surface area contributed by atoms with E-state index in [1.54, 1.807) is 0 Å². The lowest BCUT2D eigenvalue weighted by molar-refractivity contribution is -0.129. The lowest BCUT2D eigenvalue weighted by Gasteiger charge is -2.16. The summed E-state index contributed by atoms with van der Waals surface area (Å²) in [5, 5.41) is 15.7. The van der Waals surface area contributed by atoms with Crippen molar-refractivity contribution in [2.45, 2.75) is 45.8 Å². The fourth-order valence-electron chi connectivity index (χ4n) is 2.55. The first-order valence-electron chi connectivity index (χ1n) is 8.57. The molecule has 0 aliphatic rings. The van der Waals surface area contributed by atoms with Gasteiger partial charge in [-0.2, -0.15) is 0 Å². The van der Waals surface area contributed by atoms with Gasteiger partial charge in [0.2, 0.25) is 5.91 Å². The predicted molar refractivity (Wildman–Crippen MR) is 97.4 cm³/mol. The zero-order chi connectivity index (χ0) is 18.4. The summed E-state index contributed by atoms with van der Waals surface area (Å²) >= 11 is 0. The zero-order valence-electron chi connectivity index (χ0n) is 14.9. The number of nitrogens with one attached hydrogen (secondary N) is 2. The van der Waals surface area contributed by atoms with Crippen LogP contribution in [0, 0.1) is 0 Å². The maximum absolute atomic E-state index is 12.5. The molecule has 0 saturated carbocycles. The molecule has 2 rings (SSSR count). The van der Waals surface area contributed by atoms with Crippen molar-refractivity contribution in [1.29, 1.82) is 0 Å². The van der Waals surface area contributed by atoms with E-state index in [1.165, 1.54) is 6.92 Å². The zero-order valence-corrected chi connectivity index (χ0v) is 14.9. The van der Waals surface area contributed by atoms with Crippen molar-refractivity contribution in [2.24, 2.45) is 0 Å². The summed E-state index contributed by atoms with van der Waals surface area (Å²) in [7, 11) is 0. The third-order valence-corrected chi connectivity index (χ3v) is 4.01. The van der Waals surface area contributed by atoms with Gasteiger partial charge in [0.15, 0.2) is 0 Å². The van der Waals surface area contributed by atoms with Crippen LogP contribution in [0.5, 0.6) is 0 Å². The molecule has 1 aromatic carbocycles. The third kappa shape index (κ3) is 5.00. The van der Waals surface area contributed by atoms with Crippen LogP contribution in [-0.2, 0) is 11.2 Å². The summed E-state index contributed by atoms with van der Waals surface area (Å²) in [4.78, 5) is 28.5. The van der Waals surface area contributed by atoms with Crippen molar-refractivity contribution in [3.8, 4) is 0 Å². The van der Waals surface area contributed by atoms with Crippen LogP contribution in [0.1, 0.15) is 43.2 Å². The number of aromatic nitrogens is 1. The minimum absolute atomic E-state index is 0.136. The van der Waals surface area contributed by atoms with Gasteiger partial charge in [-0.25, -0.2) is 0 Å². The number of hydrogen-bond acceptors (Lipinski definition) is 4. The SMILES string of the molecule is CCc1nc2ccccc2cc1C(=O)NCC[C@H](C)NC(=O)C(C)O. The molecule has 0 aliphatic carbocycles. The molecular weight excluding hydrogens is 318 g/mol. The molecule has 0 spiro atoms. The maximum Gasteiger partial charge on any atom is 0.253 e. The van der Waals surface area contributed by atoms with Crippen LogP contribution in [0.25, 0.3) is 10.9 Å². The average Bonchev–Trinajstić information content (AvgIpc) is 2.60. The van der Waals surface area contributed by atoms with Gasteiger partial charge >= 0.3 is 0 Å². The molecular formula is C19H25N3O3. The molecule has 1 heterocycles. The van der Waals surface area contributed by atoms with E-state index in [4.69, 9.17) is 0 Å².